The number of hydrogen-bond acceptors (Lipinski definition) is 2. The van der Waals surface area contributed by atoms with E-state index < -0.39 is 11.6 Å². The molecule has 2 nitrogen and oxygen atoms in total. The summed E-state index contributed by atoms with van der Waals surface area (Å²) in [6.07, 6.45) is 0. The average Bonchev–Trinajstić information content (AvgIpc) is 2.59. The Morgan fingerprint density at radius 2 is 0.808 bits per heavy atom. The topological polar surface area (TPSA) is 34.1 Å². The number of hydrogen-bond donors (Lipinski definition) is 0. The maximum atomic E-state index is 13.0. The quantitative estimate of drug-likeness (QED) is 0.269. The fourth-order valence-electron chi connectivity index (χ4n) is 3.02. The molecule has 26 heavy (non-hydrogen) atoms. The van der Waals surface area contributed by atoms with E-state index in [0.29, 0.717) is 10.8 Å². The summed E-state index contributed by atoms with van der Waals surface area (Å²) in [6, 6.07) is 5.73. The van der Waals surface area contributed by atoms with Crippen molar-refractivity contribution in [1.29, 1.82) is 0 Å². The molecule has 0 saturated heterocycles. The van der Waals surface area contributed by atoms with Crippen LogP contribution >= 0.6 is 69.6 Å². The summed E-state index contributed by atoms with van der Waals surface area (Å²) in [6.45, 7) is 0. The number of fused-ring (bicyclic) bond motifs is 3. The number of carbonyl (C=O) groups excluding carboxylic acids is 2. The summed E-state index contributed by atoms with van der Waals surface area (Å²) in [5, 5.41) is 1.83. The molecule has 0 bridgehead atoms. The van der Waals surface area contributed by atoms with E-state index in [0.717, 1.165) is 0 Å². The first kappa shape index (κ1) is 18.4. The lowest BCUT2D eigenvalue weighted by atomic mass is 9.82. The number of carbonyl (C=O) groups is 2. The van der Waals surface area contributed by atoms with Gasteiger partial charge >= 0.3 is 0 Å². The zero-order chi connectivity index (χ0) is 18.9. The van der Waals surface area contributed by atoms with Gasteiger partial charge in [0, 0.05) is 21.9 Å². The Morgan fingerprint density at radius 3 is 1.15 bits per heavy atom. The third-order valence-corrected chi connectivity index (χ3v) is 6.46. The molecule has 0 spiro atoms. The second-order valence-corrected chi connectivity index (χ2v) is 8.04. The van der Waals surface area contributed by atoms with Gasteiger partial charge in [-0.2, -0.15) is 0 Å². The number of benzene rings is 3. The largest absolute Gasteiger partial charge is 0.289 e. The molecule has 0 N–H and O–H groups in total. The summed E-state index contributed by atoms with van der Waals surface area (Å²) in [5.74, 6) is -0.930. The van der Waals surface area contributed by atoms with Crippen LogP contribution in [0.4, 0.5) is 0 Å². The van der Waals surface area contributed by atoms with Crippen LogP contribution in [0.3, 0.4) is 0 Å². The van der Waals surface area contributed by atoms with Gasteiger partial charge in [-0.05, 0) is 24.3 Å². The molecule has 0 saturated carbocycles. The molecular weight excluding hydrogens is 461 g/mol. The lowest BCUT2D eigenvalue weighted by Crippen LogP contribution is -2.22. The van der Waals surface area contributed by atoms with Crippen LogP contribution in [0.2, 0.25) is 30.1 Å². The van der Waals surface area contributed by atoms with Crippen LogP contribution in [-0.2, 0) is 0 Å². The van der Waals surface area contributed by atoms with Crippen molar-refractivity contribution >= 4 is 91.9 Å². The predicted molar refractivity (Wildman–Crippen MR) is 107 cm³/mol. The highest BCUT2D eigenvalue weighted by molar-refractivity contribution is 6.51. The van der Waals surface area contributed by atoms with Gasteiger partial charge in [0.15, 0.2) is 11.6 Å². The van der Waals surface area contributed by atoms with Gasteiger partial charge in [-0.1, -0.05) is 69.6 Å². The Hall–Kier alpha value is -1.000. The third-order valence-electron chi connectivity index (χ3n) is 4.23. The standard InChI is InChI=1S/C18H4Cl6O2/c19-9-1-5-6(2-10(9)20)16(24)14-13(15(5)23)17(25)7-3-11(21)12(22)4-8(7)18(14)26/h1-4H. The molecule has 0 aromatic heterocycles. The molecule has 0 unspecified atom stereocenters. The van der Waals surface area contributed by atoms with E-state index in [4.69, 9.17) is 69.6 Å². The minimum Gasteiger partial charge on any atom is -0.289 e. The Kier molecular flexibility index (Phi) is 4.43. The van der Waals surface area contributed by atoms with E-state index in [1.54, 1.807) is 0 Å². The molecule has 0 amide bonds. The molecule has 3 aromatic carbocycles. The Labute approximate surface area is 177 Å². The van der Waals surface area contributed by atoms with E-state index in [2.05, 4.69) is 0 Å². The van der Waals surface area contributed by atoms with Crippen molar-refractivity contribution in [3.05, 3.63) is 76.7 Å². The molecule has 4 rings (SSSR count). The smallest absolute Gasteiger partial charge is 0.196 e. The highest BCUT2D eigenvalue weighted by Crippen LogP contribution is 2.45. The average molecular weight is 465 g/mol. The van der Waals surface area contributed by atoms with Crippen LogP contribution in [0.5, 0.6) is 0 Å². The molecule has 1 aliphatic rings. The molecule has 0 heterocycles. The summed E-state index contributed by atoms with van der Waals surface area (Å²) < 4.78 is 0. The maximum absolute atomic E-state index is 13.0. The second-order valence-electron chi connectivity index (χ2n) is 5.66. The van der Waals surface area contributed by atoms with Crippen molar-refractivity contribution in [3.8, 4) is 0 Å². The van der Waals surface area contributed by atoms with Gasteiger partial charge in [-0.25, -0.2) is 0 Å². The minimum absolute atomic E-state index is 0.0124. The summed E-state index contributed by atoms with van der Waals surface area (Å²) in [4.78, 5) is 26.1. The van der Waals surface area contributed by atoms with Gasteiger partial charge in [-0.15, -0.1) is 0 Å². The number of rotatable bonds is 0. The highest BCUT2D eigenvalue weighted by atomic mass is 35.5. The minimum atomic E-state index is -0.465. The van der Waals surface area contributed by atoms with Crippen LogP contribution in [0, 0.1) is 0 Å². The highest BCUT2D eigenvalue weighted by Gasteiger charge is 2.36. The Morgan fingerprint density at radius 1 is 0.500 bits per heavy atom. The summed E-state index contributed by atoms with van der Waals surface area (Å²) in [7, 11) is 0. The molecule has 3 aromatic rings. The zero-order valence-electron chi connectivity index (χ0n) is 12.4. The van der Waals surface area contributed by atoms with E-state index >= 15 is 0 Å². The molecule has 0 fully saturated rings. The van der Waals surface area contributed by atoms with Gasteiger partial charge in [0.2, 0.25) is 0 Å². The fourth-order valence-corrected chi connectivity index (χ4v) is 4.35. The predicted octanol–water partition coefficient (Wildman–Crippen LogP) is 7.54. The van der Waals surface area contributed by atoms with Crippen LogP contribution in [0.1, 0.15) is 31.8 Å². The number of ketones is 2. The first-order chi connectivity index (χ1) is 12.2. The molecule has 0 aliphatic heterocycles. The molecule has 8 heteroatoms. The number of halogens is 6. The molecule has 130 valence electrons. The third kappa shape index (κ3) is 2.48. The van der Waals surface area contributed by atoms with E-state index in [9.17, 15) is 9.59 Å². The van der Waals surface area contributed by atoms with Gasteiger partial charge in [0.25, 0.3) is 0 Å². The van der Waals surface area contributed by atoms with Gasteiger partial charge < -0.3 is 0 Å². The van der Waals surface area contributed by atoms with Crippen LogP contribution in [0.25, 0.3) is 10.8 Å². The van der Waals surface area contributed by atoms with Gasteiger partial charge in [0.1, 0.15) is 0 Å². The van der Waals surface area contributed by atoms with E-state index in [-0.39, 0.29) is 52.4 Å². The van der Waals surface area contributed by atoms with E-state index in [1.807, 2.05) is 0 Å². The molecule has 0 radical (unpaired) electrons. The summed E-state index contributed by atoms with van der Waals surface area (Å²) in [5.41, 5.74) is 0.264. The molecule has 1 aliphatic carbocycles. The van der Waals surface area contributed by atoms with Crippen molar-refractivity contribution in [2.45, 2.75) is 0 Å². The Bertz CT molecular complexity index is 1090. The Balaban J connectivity index is 2.16. The fraction of sp³-hybridized carbons (Fsp3) is 0. The maximum Gasteiger partial charge on any atom is 0.196 e. The van der Waals surface area contributed by atoms with Crippen molar-refractivity contribution in [3.63, 3.8) is 0 Å². The SMILES string of the molecule is O=C1c2cc(Cl)c(Cl)cc2C(=O)c2c1c(Cl)c1cc(Cl)c(Cl)cc1c2Cl. The monoisotopic (exact) mass is 462 g/mol. The second kappa shape index (κ2) is 6.27. The van der Waals surface area contributed by atoms with Crippen LogP contribution < -0.4 is 0 Å². The van der Waals surface area contributed by atoms with Crippen molar-refractivity contribution in [2.24, 2.45) is 0 Å². The summed E-state index contributed by atoms with van der Waals surface area (Å²) >= 11 is 37.1. The first-order valence-corrected chi connectivity index (χ1v) is 9.37. The van der Waals surface area contributed by atoms with Crippen molar-refractivity contribution in [1.82, 2.24) is 0 Å². The normalized spacial score (nSPS) is 13.2. The van der Waals surface area contributed by atoms with Crippen LogP contribution in [-0.4, -0.2) is 11.6 Å². The lowest BCUT2D eigenvalue weighted by molar-refractivity contribution is 0.0979. The molecular formula is C18H4Cl6O2. The van der Waals surface area contributed by atoms with Gasteiger partial charge in [-0.3, -0.25) is 9.59 Å². The molecule has 0 atom stereocenters. The van der Waals surface area contributed by atoms with Crippen LogP contribution in [0.15, 0.2) is 24.3 Å². The van der Waals surface area contributed by atoms with Crippen molar-refractivity contribution in [2.75, 3.05) is 0 Å². The van der Waals surface area contributed by atoms with Gasteiger partial charge in [0.05, 0.1) is 41.3 Å². The first-order valence-electron chi connectivity index (χ1n) is 7.10. The van der Waals surface area contributed by atoms with E-state index in [1.165, 1.54) is 24.3 Å². The lowest BCUT2D eigenvalue weighted by Gasteiger charge is -2.22. The van der Waals surface area contributed by atoms with Crippen molar-refractivity contribution < 1.29 is 9.59 Å². The zero-order valence-corrected chi connectivity index (χ0v) is 16.9.